The van der Waals surface area contributed by atoms with Crippen molar-refractivity contribution in [1.82, 2.24) is 4.90 Å². The number of nitrogens with two attached hydrogens (primary N) is 1. The SMILES string of the molecule is COC(=O)N1CC(C)CC(CN)C1. The van der Waals surface area contributed by atoms with Crippen molar-refractivity contribution in [3.63, 3.8) is 0 Å². The van der Waals surface area contributed by atoms with Crippen LogP contribution in [0.4, 0.5) is 4.79 Å². The number of likely N-dealkylation sites (tertiary alicyclic amines) is 1. The summed E-state index contributed by atoms with van der Waals surface area (Å²) >= 11 is 0. The molecule has 0 saturated carbocycles. The quantitative estimate of drug-likeness (QED) is 0.655. The molecule has 0 aromatic carbocycles. The lowest BCUT2D eigenvalue weighted by molar-refractivity contribution is 0.0884. The van der Waals surface area contributed by atoms with E-state index in [9.17, 15) is 4.79 Å². The topological polar surface area (TPSA) is 55.6 Å². The molecule has 4 heteroatoms. The zero-order valence-corrected chi connectivity index (χ0v) is 8.32. The highest BCUT2D eigenvalue weighted by Crippen LogP contribution is 2.20. The molecule has 1 aliphatic rings. The van der Waals surface area contributed by atoms with Gasteiger partial charge in [0.25, 0.3) is 0 Å². The van der Waals surface area contributed by atoms with Gasteiger partial charge >= 0.3 is 6.09 Å². The Balaban J connectivity index is 2.51. The van der Waals surface area contributed by atoms with Crippen molar-refractivity contribution in [2.24, 2.45) is 17.6 Å². The van der Waals surface area contributed by atoms with E-state index in [1.54, 1.807) is 4.90 Å². The van der Waals surface area contributed by atoms with E-state index in [0.717, 1.165) is 19.5 Å². The molecule has 1 heterocycles. The number of rotatable bonds is 1. The summed E-state index contributed by atoms with van der Waals surface area (Å²) in [5.41, 5.74) is 5.59. The van der Waals surface area contributed by atoms with Crippen LogP contribution in [0.3, 0.4) is 0 Å². The number of methoxy groups -OCH3 is 1. The van der Waals surface area contributed by atoms with E-state index < -0.39 is 0 Å². The van der Waals surface area contributed by atoms with Crippen molar-refractivity contribution >= 4 is 6.09 Å². The molecule has 1 rings (SSSR count). The third-order valence-electron chi connectivity index (χ3n) is 2.51. The smallest absolute Gasteiger partial charge is 0.409 e. The lowest BCUT2D eigenvalue weighted by atomic mass is 9.91. The predicted molar refractivity (Wildman–Crippen MR) is 50.3 cm³/mol. The molecule has 0 bridgehead atoms. The highest BCUT2D eigenvalue weighted by Gasteiger charge is 2.27. The maximum absolute atomic E-state index is 11.2. The van der Waals surface area contributed by atoms with Gasteiger partial charge < -0.3 is 15.4 Å². The number of piperidine rings is 1. The number of carbonyl (C=O) groups excluding carboxylic acids is 1. The molecule has 0 spiro atoms. The van der Waals surface area contributed by atoms with Gasteiger partial charge in [-0.15, -0.1) is 0 Å². The van der Waals surface area contributed by atoms with Gasteiger partial charge in [0.05, 0.1) is 7.11 Å². The molecule has 1 amide bonds. The van der Waals surface area contributed by atoms with Crippen LogP contribution >= 0.6 is 0 Å². The number of amides is 1. The fraction of sp³-hybridized carbons (Fsp3) is 0.889. The molecule has 1 fully saturated rings. The van der Waals surface area contributed by atoms with Crippen LogP contribution in [0, 0.1) is 11.8 Å². The largest absolute Gasteiger partial charge is 0.453 e. The summed E-state index contributed by atoms with van der Waals surface area (Å²) in [5, 5.41) is 0. The van der Waals surface area contributed by atoms with E-state index in [1.807, 2.05) is 0 Å². The van der Waals surface area contributed by atoms with Gasteiger partial charge in [-0.3, -0.25) is 0 Å². The molecular weight excluding hydrogens is 168 g/mol. The highest BCUT2D eigenvalue weighted by molar-refractivity contribution is 5.67. The molecule has 4 nitrogen and oxygen atoms in total. The van der Waals surface area contributed by atoms with Crippen LogP contribution in [0.1, 0.15) is 13.3 Å². The van der Waals surface area contributed by atoms with Crippen molar-refractivity contribution in [3.8, 4) is 0 Å². The maximum atomic E-state index is 11.2. The highest BCUT2D eigenvalue weighted by atomic mass is 16.5. The second kappa shape index (κ2) is 4.46. The van der Waals surface area contributed by atoms with Crippen LogP contribution in [-0.2, 0) is 4.74 Å². The van der Waals surface area contributed by atoms with Crippen LogP contribution in [0.25, 0.3) is 0 Å². The van der Waals surface area contributed by atoms with Gasteiger partial charge in [0, 0.05) is 13.1 Å². The van der Waals surface area contributed by atoms with Gasteiger partial charge in [-0.2, -0.15) is 0 Å². The van der Waals surface area contributed by atoms with Gasteiger partial charge in [-0.25, -0.2) is 4.79 Å². The number of hydrogen-bond acceptors (Lipinski definition) is 3. The molecule has 1 saturated heterocycles. The normalized spacial score (nSPS) is 28.7. The third kappa shape index (κ3) is 2.59. The van der Waals surface area contributed by atoms with E-state index in [0.29, 0.717) is 18.4 Å². The zero-order valence-electron chi connectivity index (χ0n) is 8.32. The molecule has 0 radical (unpaired) electrons. The molecule has 76 valence electrons. The number of hydrogen-bond donors (Lipinski definition) is 1. The lowest BCUT2D eigenvalue weighted by Crippen LogP contribution is -2.45. The predicted octanol–water partition coefficient (Wildman–Crippen LogP) is 0.670. The lowest BCUT2D eigenvalue weighted by Gasteiger charge is -2.34. The Hall–Kier alpha value is -0.770. The summed E-state index contributed by atoms with van der Waals surface area (Å²) in [5.74, 6) is 0.962. The molecule has 1 aliphatic heterocycles. The van der Waals surface area contributed by atoms with Crippen LogP contribution in [0.5, 0.6) is 0 Å². The van der Waals surface area contributed by atoms with Crippen molar-refractivity contribution in [2.45, 2.75) is 13.3 Å². The Morgan fingerprint density at radius 2 is 2.31 bits per heavy atom. The van der Waals surface area contributed by atoms with Crippen LogP contribution < -0.4 is 5.73 Å². The first-order valence-corrected chi connectivity index (χ1v) is 4.70. The molecule has 13 heavy (non-hydrogen) atoms. The molecule has 0 aliphatic carbocycles. The molecule has 2 atom stereocenters. The van der Waals surface area contributed by atoms with E-state index in [4.69, 9.17) is 5.73 Å². The monoisotopic (exact) mass is 186 g/mol. The van der Waals surface area contributed by atoms with Crippen LogP contribution in [0.2, 0.25) is 0 Å². The third-order valence-corrected chi connectivity index (χ3v) is 2.51. The number of nitrogens with zero attached hydrogens (tertiary/aromatic N) is 1. The molecule has 0 aromatic heterocycles. The molecule has 2 N–H and O–H groups in total. The van der Waals surface area contributed by atoms with Gasteiger partial charge in [-0.1, -0.05) is 6.92 Å². The van der Waals surface area contributed by atoms with Gasteiger partial charge in [-0.05, 0) is 24.8 Å². The minimum Gasteiger partial charge on any atom is -0.453 e. The van der Waals surface area contributed by atoms with E-state index in [1.165, 1.54) is 7.11 Å². The summed E-state index contributed by atoms with van der Waals surface area (Å²) < 4.78 is 4.68. The number of ether oxygens (including phenoxy) is 1. The summed E-state index contributed by atoms with van der Waals surface area (Å²) in [6, 6.07) is 0. The van der Waals surface area contributed by atoms with Crippen LogP contribution in [-0.4, -0.2) is 37.7 Å². The fourth-order valence-electron chi connectivity index (χ4n) is 1.93. The summed E-state index contributed by atoms with van der Waals surface area (Å²) in [7, 11) is 1.42. The molecule has 2 unspecified atom stereocenters. The van der Waals surface area contributed by atoms with E-state index in [-0.39, 0.29) is 6.09 Å². The van der Waals surface area contributed by atoms with Gasteiger partial charge in [0.1, 0.15) is 0 Å². The average molecular weight is 186 g/mol. The second-order valence-corrected chi connectivity index (χ2v) is 3.82. The van der Waals surface area contributed by atoms with Crippen molar-refractivity contribution < 1.29 is 9.53 Å². The van der Waals surface area contributed by atoms with E-state index >= 15 is 0 Å². The van der Waals surface area contributed by atoms with Crippen molar-refractivity contribution in [1.29, 1.82) is 0 Å². The minimum atomic E-state index is -0.231. The van der Waals surface area contributed by atoms with Crippen LogP contribution in [0.15, 0.2) is 0 Å². The van der Waals surface area contributed by atoms with Gasteiger partial charge in [0.15, 0.2) is 0 Å². The number of carbonyl (C=O) groups is 1. The zero-order chi connectivity index (χ0) is 9.84. The van der Waals surface area contributed by atoms with E-state index in [2.05, 4.69) is 11.7 Å². The molecule has 0 aromatic rings. The fourth-order valence-corrected chi connectivity index (χ4v) is 1.93. The second-order valence-electron chi connectivity index (χ2n) is 3.82. The van der Waals surface area contributed by atoms with Crippen molar-refractivity contribution in [2.75, 3.05) is 26.7 Å². The average Bonchev–Trinajstić information content (AvgIpc) is 2.15. The first-order chi connectivity index (χ1) is 6.17. The van der Waals surface area contributed by atoms with Crippen molar-refractivity contribution in [3.05, 3.63) is 0 Å². The Bertz CT molecular complexity index is 184. The Morgan fingerprint density at radius 1 is 1.62 bits per heavy atom. The first kappa shape index (κ1) is 10.3. The molecular formula is C9H18N2O2. The Labute approximate surface area is 79.0 Å². The maximum Gasteiger partial charge on any atom is 0.409 e. The summed E-state index contributed by atoms with van der Waals surface area (Å²) in [6.45, 7) is 4.33. The first-order valence-electron chi connectivity index (χ1n) is 4.70. The Morgan fingerprint density at radius 3 is 2.85 bits per heavy atom. The standard InChI is InChI=1S/C9H18N2O2/c1-7-3-8(4-10)6-11(5-7)9(12)13-2/h7-8H,3-6,10H2,1-2H3. The summed E-state index contributed by atoms with van der Waals surface area (Å²) in [4.78, 5) is 13.0. The summed E-state index contributed by atoms with van der Waals surface area (Å²) in [6.07, 6.45) is 0.884. The minimum absolute atomic E-state index is 0.231. The Kier molecular flexibility index (Phi) is 3.54. The van der Waals surface area contributed by atoms with Gasteiger partial charge in [0.2, 0.25) is 0 Å².